The molecule has 6 heteroatoms. The Labute approximate surface area is 158 Å². The van der Waals surface area contributed by atoms with Crippen molar-refractivity contribution >= 4 is 11.6 Å². The lowest BCUT2D eigenvalue weighted by atomic mass is 9.84. The van der Waals surface area contributed by atoms with Gasteiger partial charge in [-0.15, -0.1) is 0 Å². The van der Waals surface area contributed by atoms with E-state index in [4.69, 9.17) is 0 Å². The van der Waals surface area contributed by atoms with Crippen molar-refractivity contribution in [2.75, 3.05) is 25.0 Å². The Kier molecular flexibility index (Phi) is 5.89. The van der Waals surface area contributed by atoms with Crippen molar-refractivity contribution in [2.45, 2.75) is 31.5 Å². The van der Waals surface area contributed by atoms with Crippen LogP contribution in [0.5, 0.6) is 0 Å². The quantitative estimate of drug-likeness (QED) is 0.755. The first-order valence-electron chi connectivity index (χ1n) is 9.12. The van der Waals surface area contributed by atoms with Crippen LogP contribution < -0.4 is 5.32 Å². The average molecular weight is 372 g/mol. The summed E-state index contributed by atoms with van der Waals surface area (Å²) in [6.07, 6.45) is 0.424. The summed E-state index contributed by atoms with van der Waals surface area (Å²) < 4.78 is 13.1. The van der Waals surface area contributed by atoms with Gasteiger partial charge in [-0.3, -0.25) is 4.79 Å². The van der Waals surface area contributed by atoms with E-state index in [0.717, 1.165) is 11.1 Å². The standard InChI is InChI=1S/C21H25FN2O3/c1-15(25)23-19-8-2-16(3-9-19)20(26)14-24-12-10-21(27,11-13-24)17-4-6-18(22)7-5-17/h2-9,20,26-27H,10-14H2,1H3,(H,23,25)/t20-/m0/s1. The van der Waals surface area contributed by atoms with Crippen molar-refractivity contribution < 1.29 is 19.4 Å². The highest BCUT2D eigenvalue weighted by atomic mass is 19.1. The zero-order valence-electron chi connectivity index (χ0n) is 15.4. The fourth-order valence-corrected chi connectivity index (χ4v) is 3.50. The molecule has 2 aromatic rings. The molecule has 2 aromatic carbocycles. The van der Waals surface area contributed by atoms with E-state index in [0.29, 0.717) is 38.2 Å². The summed E-state index contributed by atoms with van der Waals surface area (Å²) in [6.45, 7) is 3.22. The topological polar surface area (TPSA) is 72.8 Å². The number of amides is 1. The molecule has 5 nitrogen and oxygen atoms in total. The van der Waals surface area contributed by atoms with E-state index in [-0.39, 0.29) is 11.7 Å². The van der Waals surface area contributed by atoms with E-state index in [2.05, 4.69) is 10.2 Å². The van der Waals surface area contributed by atoms with Crippen LogP contribution in [0.15, 0.2) is 48.5 Å². The maximum atomic E-state index is 13.1. The molecular weight excluding hydrogens is 347 g/mol. The summed E-state index contributed by atoms with van der Waals surface area (Å²) in [5, 5.41) is 24.0. The number of hydrogen-bond acceptors (Lipinski definition) is 4. The summed E-state index contributed by atoms with van der Waals surface area (Å²) in [7, 11) is 0. The molecule has 1 saturated heterocycles. The number of piperidine rings is 1. The van der Waals surface area contributed by atoms with E-state index in [1.807, 2.05) is 0 Å². The number of β-amino-alcohol motifs (C(OH)–C–C–N with tert-alkyl or cyclic N) is 1. The number of halogens is 1. The number of carbonyl (C=O) groups excluding carboxylic acids is 1. The van der Waals surface area contributed by atoms with Gasteiger partial charge in [0.2, 0.25) is 5.91 Å². The Morgan fingerprint density at radius 1 is 1.15 bits per heavy atom. The van der Waals surface area contributed by atoms with Gasteiger partial charge in [0.15, 0.2) is 0 Å². The number of anilines is 1. The summed E-state index contributed by atoms with van der Waals surface area (Å²) in [6, 6.07) is 13.1. The van der Waals surface area contributed by atoms with Crippen molar-refractivity contribution in [2.24, 2.45) is 0 Å². The van der Waals surface area contributed by atoms with Crippen LogP contribution in [-0.4, -0.2) is 40.7 Å². The highest BCUT2D eigenvalue weighted by molar-refractivity contribution is 5.88. The van der Waals surface area contributed by atoms with E-state index in [1.165, 1.54) is 19.1 Å². The highest BCUT2D eigenvalue weighted by Crippen LogP contribution is 2.33. The molecule has 0 radical (unpaired) electrons. The number of aliphatic hydroxyl groups excluding tert-OH is 1. The van der Waals surface area contributed by atoms with Crippen LogP contribution in [0, 0.1) is 5.82 Å². The fraction of sp³-hybridized carbons (Fsp3) is 0.381. The molecule has 0 saturated carbocycles. The minimum absolute atomic E-state index is 0.134. The number of nitrogens with zero attached hydrogens (tertiary/aromatic N) is 1. The van der Waals surface area contributed by atoms with Crippen molar-refractivity contribution in [3.63, 3.8) is 0 Å². The van der Waals surface area contributed by atoms with Gasteiger partial charge in [-0.25, -0.2) is 4.39 Å². The van der Waals surface area contributed by atoms with E-state index in [9.17, 15) is 19.4 Å². The van der Waals surface area contributed by atoms with Gasteiger partial charge in [0.25, 0.3) is 0 Å². The van der Waals surface area contributed by atoms with Gasteiger partial charge < -0.3 is 20.4 Å². The summed E-state index contributed by atoms with van der Waals surface area (Å²) in [4.78, 5) is 13.2. The maximum absolute atomic E-state index is 13.1. The Balaban J connectivity index is 1.55. The van der Waals surface area contributed by atoms with E-state index >= 15 is 0 Å². The normalized spacial score (nSPS) is 18.1. The molecule has 1 aliphatic heterocycles. The lowest BCUT2D eigenvalue weighted by molar-refractivity contribution is -0.114. The molecular formula is C21H25FN2O3. The SMILES string of the molecule is CC(=O)Nc1ccc([C@@H](O)CN2CCC(O)(c3ccc(F)cc3)CC2)cc1. The minimum atomic E-state index is -0.949. The smallest absolute Gasteiger partial charge is 0.221 e. The number of rotatable bonds is 5. The third-order valence-electron chi connectivity index (χ3n) is 5.11. The minimum Gasteiger partial charge on any atom is -0.387 e. The van der Waals surface area contributed by atoms with Crippen LogP contribution in [-0.2, 0) is 10.4 Å². The largest absolute Gasteiger partial charge is 0.387 e. The van der Waals surface area contributed by atoms with Crippen LogP contribution in [0.4, 0.5) is 10.1 Å². The predicted molar refractivity (Wildman–Crippen MR) is 102 cm³/mol. The first-order valence-corrected chi connectivity index (χ1v) is 9.12. The van der Waals surface area contributed by atoms with E-state index < -0.39 is 11.7 Å². The Morgan fingerprint density at radius 3 is 2.30 bits per heavy atom. The van der Waals surface area contributed by atoms with Gasteiger partial charge >= 0.3 is 0 Å². The Morgan fingerprint density at radius 2 is 1.74 bits per heavy atom. The molecule has 0 aliphatic carbocycles. The Bertz CT molecular complexity index is 769. The molecule has 144 valence electrons. The molecule has 3 N–H and O–H groups in total. The van der Waals surface area contributed by atoms with Crippen LogP contribution in [0.25, 0.3) is 0 Å². The zero-order valence-corrected chi connectivity index (χ0v) is 15.4. The number of aliphatic hydroxyl groups is 2. The molecule has 1 heterocycles. The number of hydrogen-bond donors (Lipinski definition) is 3. The fourth-order valence-electron chi connectivity index (χ4n) is 3.50. The molecule has 1 aliphatic rings. The Hall–Kier alpha value is -2.28. The second-order valence-corrected chi connectivity index (χ2v) is 7.16. The average Bonchev–Trinajstić information content (AvgIpc) is 2.64. The molecule has 0 spiro atoms. The number of carbonyl (C=O) groups is 1. The zero-order chi connectivity index (χ0) is 19.4. The van der Waals surface area contributed by atoms with Crippen LogP contribution in [0.2, 0.25) is 0 Å². The number of nitrogens with one attached hydrogen (secondary N) is 1. The molecule has 0 unspecified atom stereocenters. The first kappa shape index (κ1) is 19.5. The maximum Gasteiger partial charge on any atom is 0.221 e. The van der Waals surface area contributed by atoms with Crippen LogP contribution in [0.1, 0.15) is 37.0 Å². The summed E-state index contributed by atoms with van der Waals surface area (Å²) >= 11 is 0. The van der Waals surface area contributed by atoms with Crippen molar-refractivity contribution in [3.8, 4) is 0 Å². The number of benzene rings is 2. The van der Waals surface area contributed by atoms with Crippen LogP contribution >= 0.6 is 0 Å². The summed E-state index contributed by atoms with van der Waals surface area (Å²) in [5.74, 6) is -0.447. The van der Waals surface area contributed by atoms with Crippen molar-refractivity contribution in [1.29, 1.82) is 0 Å². The third kappa shape index (κ3) is 4.91. The predicted octanol–water partition coefficient (Wildman–Crippen LogP) is 2.80. The molecule has 3 rings (SSSR count). The second-order valence-electron chi connectivity index (χ2n) is 7.16. The lowest BCUT2D eigenvalue weighted by Gasteiger charge is -2.39. The molecule has 0 aromatic heterocycles. The molecule has 0 bridgehead atoms. The monoisotopic (exact) mass is 372 g/mol. The molecule has 1 atom stereocenters. The third-order valence-corrected chi connectivity index (χ3v) is 5.11. The number of likely N-dealkylation sites (tertiary alicyclic amines) is 1. The van der Waals surface area contributed by atoms with Crippen molar-refractivity contribution in [3.05, 3.63) is 65.5 Å². The lowest BCUT2D eigenvalue weighted by Crippen LogP contribution is -2.43. The van der Waals surface area contributed by atoms with Gasteiger partial charge in [0, 0.05) is 32.2 Å². The second kappa shape index (κ2) is 8.17. The molecule has 27 heavy (non-hydrogen) atoms. The van der Waals surface area contributed by atoms with Gasteiger partial charge in [0.1, 0.15) is 5.82 Å². The van der Waals surface area contributed by atoms with E-state index in [1.54, 1.807) is 36.4 Å². The van der Waals surface area contributed by atoms with Crippen LogP contribution in [0.3, 0.4) is 0 Å². The summed E-state index contributed by atoms with van der Waals surface area (Å²) in [5.41, 5.74) is 1.26. The highest BCUT2D eigenvalue weighted by Gasteiger charge is 2.34. The molecule has 1 fully saturated rings. The first-order chi connectivity index (χ1) is 12.9. The van der Waals surface area contributed by atoms with Gasteiger partial charge in [-0.05, 0) is 48.2 Å². The van der Waals surface area contributed by atoms with Gasteiger partial charge in [-0.2, -0.15) is 0 Å². The molecule has 1 amide bonds. The van der Waals surface area contributed by atoms with Gasteiger partial charge in [0.05, 0.1) is 11.7 Å². The van der Waals surface area contributed by atoms with Gasteiger partial charge in [-0.1, -0.05) is 24.3 Å². The van der Waals surface area contributed by atoms with Crippen molar-refractivity contribution in [1.82, 2.24) is 4.90 Å².